The minimum absolute atomic E-state index is 0.334. The maximum absolute atomic E-state index is 9.79. The van der Waals surface area contributed by atoms with Gasteiger partial charge >= 0.3 is 0 Å². The van der Waals surface area contributed by atoms with Crippen molar-refractivity contribution < 1.29 is 24.2 Å². The number of nitrogens with zero attached hydrogens (tertiary/aromatic N) is 1. The number of methoxy groups -OCH3 is 2. The number of carbonyl (C=O) groups is 1. The Balaban J connectivity index is 0.000000765. The van der Waals surface area contributed by atoms with Crippen LogP contribution in [0.1, 0.15) is 23.6 Å². The summed E-state index contributed by atoms with van der Waals surface area (Å²) < 4.78 is 15.3. The highest BCUT2D eigenvalue weighted by molar-refractivity contribution is 5.57. The van der Waals surface area contributed by atoms with Crippen LogP contribution >= 0.6 is 0 Å². The van der Waals surface area contributed by atoms with Crippen LogP contribution in [0.25, 0.3) is 0 Å². The van der Waals surface area contributed by atoms with E-state index in [4.69, 9.17) is 14.3 Å². The van der Waals surface area contributed by atoms with E-state index in [0.29, 0.717) is 24.5 Å². The summed E-state index contributed by atoms with van der Waals surface area (Å²) in [6.45, 7) is 4.86. The van der Waals surface area contributed by atoms with Crippen molar-refractivity contribution in [3.63, 3.8) is 0 Å². The molecule has 0 aliphatic carbocycles. The summed E-state index contributed by atoms with van der Waals surface area (Å²) in [6, 6.07) is 11.7. The normalized spacial score (nSPS) is 9.62. The maximum Gasteiger partial charge on any atom is 0.292 e. The van der Waals surface area contributed by atoms with Crippen molar-refractivity contribution in [2.75, 3.05) is 26.3 Å². The first-order valence-electron chi connectivity index (χ1n) is 8.25. The zero-order valence-electron chi connectivity index (χ0n) is 16.0. The van der Waals surface area contributed by atoms with Gasteiger partial charge in [0.2, 0.25) is 0 Å². The molecule has 0 heterocycles. The van der Waals surface area contributed by atoms with Crippen molar-refractivity contribution in [1.29, 1.82) is 0 Å². The molecule has 0 bridgehead atoms. The van der Waals surface area contributed by atoms with Gasteiger partial charge < -0.3 is 14.2 Å². The highest BCUT2D eigenvalue weighted by atomic mass is 16.5. The average Bonchev–Trinajstić information content (AvgIpc) is 2.66. The van der Waals surface area contributed by atoms with E-state index in [1.54, 1.807) is 14.2 Å². The molecule has 0 atom stereocenters. The van der Waals surface area contributed by atoms with Gasteiger partial charge in [0.05, 0.1) is 25.5 Å². The molecule has 6 heteroatoms. The molecule has 0 unspecified atom stereocenters. The second-order valence-electron chi connectivity index (χ2n) is 5.57. The molecular formula is C20H27NO5. The van der Waals surface area contributed by atoms with Gasteiger partial charge in [-0.2, -0.15) is 0 Å². The number of aryl methyl sites for hydroxylation is 2. The molecule has 0 fully saturated rings. The van der Waals surface area contributed by atoms with Gasteiger partial charge in [0.1, 0.15) is 18.1 Å². The molecule has 2 aromatic carbocycles. The van der Waals surface area contributed by atoms with Crippen molar-refractivity contribution in [2.45, 2.75) is 26.9 Å². The Bertz CT molecular complexity index is 701. The molecule has 1 N–H and O–H groups in total. The molecule has 0 aliphatic heterocycles. The van der Waals surface area contributed by atoms with Crippen molar-refractivity contribution in [2.24, 2.45) is 0 Å². The molecule has 0 radical (unpaired) electrons. The smallest absolute Gasteiger partial charge is 0.292 e. The van der Waals surface area contributed by atoms with Crippen molar-refractivity contribution in [3.8, 4) is 11.5 Å². The van der Waals surface area contributed by atoms with Crippen LogP contribution in [-0.4, -0.2) is 32.9 Å². The van der Waals surface area contributed by atoms with E-state index in [9.17, 15) is 5.21 Å². The van der Waals surface area contributed by atoms with Crippen molar-refractivity contribution in [1.82, 2.24) is 0 Å². The molecule has 0 saturated carbocycles. The van der Waals surface area contributed by atoms with Gasteiger partial charge in [-0.3, -0.25) is 15.1 Å². The molecule has 0 spiro atoms. The zero-order valence-corrected chi connectivity index (χ0v) is 16.0. The molecular weight excluding hydrogens is 334 g/mol. The van der Waals surface area contributed by atoms with Crippen LogP contribution < -0.4 is 14.5 Å². The second-order valence-corrected chi connectivity index (χ2v) is 5.57. The first-order valence-corrected chi connectivity index (χ1v) is 8.25. The van der Waals surface area contributed by atoms with Gasteiger partial charge in [-0.1, -0.05) is 25.1 Å². The summed E-state index contributed by atoms with van der Waals surface area (Å²) in [7, 11) is 4.51. The minimum Gasteiger partial charge on any atom is -0.496 e. The third-order valence-corrected chi connectivity index (χ3v) is 3.75. The van der Waals surface area contributed by atoms with Gasteiger partial charge in [0, 0.05) is 7.05 Å². The molecule has 6 nitrogen and oxygen atoms in total. The number of hydroxylamine groups is 1. The maximum atomic E-state index is 9.79. The highest BCUT2D eigenvalue weighted by Gasteiger charge is 2.13. The Morgan fingerprint density at radius 3 is 2.38 bits per heavy atom. The molecule has 0 aliphatic rings. The predicted octanol–water partition coefficient (Wildman–Crippen LogP) is 3.76. The number of rotatable bonds is 7. The quantitative estimate of drug-likeness (QED) is 0.598. The van der Waals surface area contributed by atoms with Crippen LogP contribution in [0.2, 0.25) is 0 Å². The summed E-state index contributed by atoms with van der Waals surface area (Å²) in [5.41, 5.74) is 3.81. The minimum atomic E-state index is 0.334. The van der Waals surface area contributed by atoms with Crippen LogP contribution in [0.4, 0.5) is 5.69 Å². The van der Waals surface area contributed by atoms with E-state index in [0.717, 1.165) is 28.4 Å². The van der Waals surface area contributed by atoms with Crippen molar-refractivity contribution in [3.05, 3.63) is 53.1 Å². The van der Waals surface area contributed by atoms with Crippen LogP contribution in [0.3, 0.4) is 0 Å². The van der Waals surface area contributed by atoms with E-state index in [1.165, 1.54) is 12.7 Å². The van der Waals surface area contributed by atoms with Gasteiger partial charge in [-0.05, 0) is 42.7 Å². The lowest BCUT2D eigenvalue weighted by Gasteiger charge is -2.19. The van der Waals surface area contributed by atoms with Crippen molar-refractivity contribution >= 4 is 12.2 Å². The summed E-state index contributed by atoms with van der Waals surface area (Å²) >= 11 is 0. The largest absolute Gasteiger partial charge is 0.496 e. The Morgan fingerprint density at radius 2 is 1.85 bits per heavy atom. The number of ether oxygens (including phenoxy) is 3. The molecule has 2 aromatic rings. The number of hydrogen-bond donors (Lipinski definition) is 1. The van der Waals surface area contributed by atoms with E-state index >= 15 is 0 Å². The van der Waals surface area contributed by atoms with Gasteiger partial charge in [0.25, 0.3) is 6.47 Å². The second kappa shape index (κ2) is 11.0. The standard InChI is InChI=1S/C18H23NO3.C2H4O2/c1-5-14-10-9-13(2)11-18(14)22-12-15-16(19(3)20)7-6-8-17(15)21-4;1-4-2-3/h6-11,20H,5,12H2,1-4H3;2H,1H3. The molecule has 2 rings (SSSR count). The molecule has 0 amide bonds. The lowest BCUT2D eigenvalue weighted by atomic mass is 10.1. The predicted molar refractivity (Wildman–Crippen MR) is 101 cm³/mol. The highest BCUT2D eigenvalue weighted by Crippen LogP contribution is 2.30. The molecule has 26 heavy (non-hydrogen) atoms. The fraction of sp³-hybridized carbons (Fsp3) is 0.350. The Hall–Kier alpha value is -2.73. The van der Waals surface area contributed by atoms with Crippen LogP contribution in [-0.2, 0) is 22.6 Å². The Labute approximate surface area is 154 Å². The first kappa shape index (κ1) is 21.3. The number of anilines is 1. The van der Waals surface area contributed by atoms with E-state index in [1.807, 2.05) is 31.2 Å². The monoisotopic (exact) mass is 361 g/mol. The third-order valence-electron chi connectivity index (χ3n) is 3.75. The number of hydrogen-bond acceptors (Lipinski definition) is 6. The van der Waals surface area contributed by atoms with Crippen LogP contribution in [0.15, 0.2) is 36.4 Å². The SMILES string of the molecule is CCc1ccc(C)cc1OCc1c(OC)cccc1N(C)O.COC=O. The first-order chi connectivity index (χ1) is 12.5. The van der Waals surface area contributed by atoms with Gasteiger partial charge in [0.15, 0.2) is 0 Å². The fourth-order valence-electron chi connectivity index (χ4n) is 2.43. The van der Waals surface area contributed by atoms with Gasteiger partial charge in [-0.25, -0.2) is 0 Å². The third kappa shape index (κ3) is 5.97. The Kier molecular flexibility index (Phi) is 9.01. The lowest BCUT2D eigenvalue weighted by Crippen LogP contribution is -2.14. The van der Waals surface area contributed by atoms with E-state index < -0.39 is 0 Å². The zero-order chi connectivity index (χ0) is 19.5. The summed E-state index contributed by atoms with van der Waals surface area (Å²) in [5, 5.41) is 10.9. The lowest BCUT2D eigenvalue weighted by molar-refractivity contribution is -0.126. The van der Waals surface area contributed by atoms with Crippen LogP contribution in [0, 0.1) is 6.92 Å². The molecule has 0 aromatic heterocycles. The van der Waals surface area contributed by atoms with Crippen LogP contribution in [0.5, 0.6) is 11.5 Å². The summed E-state index contributed by atoms with van der Waals surface area (Å²) in [6.07, 6.45) is 0.911. The van der Waals surface area contributed by atoms with E-state index in [-0.39, 0.29) is 0 Å². The molecule has 0 saturated heterocycles. The number of benzene rings is 2. The molecule has 142 valence electrons. The fourth-order valence-corrected chi connectivity index (χ4v) is 2.43. The average molecular weight is 361 g/mol. The topological polar surface area (TPSA) is 68.2 Å². The summed E-state index contributed by atoms with van der Waals surface area (Å²) in [5.74, 6) is 1.57. The Morgan fingerprint density at radius 1 is 1.15 bits per heavy atom. The van der Waals surface area contributed by atoms with Gasteiger partial charge in [-0.15, -0.1) is 0 Å². The number of carbonyl (C=O) groups excluding carboxylic acids is 1. The van der Waals surface area contributed by atoms with E-state index in [2.05, 4.69) is 23.8 Å². The summed E-state index contributed by atoms with van der Waals surface area (Å²) in [4.78, 5) is 8.95.